The summed E-state index contributed by atoms with van der Waals surface area (Å²) >= 11 is 0. The monoisotopic (exact) mass is 324 g/mol. The molecule has 0 spiro atoms. The van der Waals surface area contributed by atoms with E-state index in [0.717, 1.165) is 6.08 Å². The molecule has 0 atom stereocenters. The van der Waals surface area contributed by atoms with Gasteiger partial charge in [0, 0.05) is 25.2 Å². The fourth-order valence-corrected chi connectivity index (χ4v) is 1.44. The molecule has 2 amide bonds. The highest BCUT2D eigenvalue weighted by molar-refractivity contribution is 5.88. The standard InChI is InChI=1S/C16H24N2O5/c1-5-14(19)17-7-8-18(15(20)6-2)9-10-22-11-12-23-16(21)13(3)4/h5-6H,1-3,7-12H2,4H3,(H,17,19). The Kier molecular flexibility index (Phi) is 10.9. The lowest BCUT2D eigenvalue weighted by atomic mass is 10.4. The molecule has 23 heavy (non-hydrogen) atoms. The Morgan fingerprint density at radius 2 is 1.78 bits per heavy atom. The van der Waals surface area contributed by atoms with Crippen molar-refractivity contribution in [2.24, 2.45) is 0 Å². The summed E-state index contributed by atoms with van der Waals surface area (Å²) in [6.45, 7) is 13.4. The number of esters is 1. The molecule has 0 rings (SSSR count). The Balaban J connectivity index is 3.97. The smallest absolute Gasteiger partial charge is 0.333 e. The molecule has 0 heterocycles. The minimum Gasteiger partial charge on any atom is -0.460 e. The van der Waals surface area contributed by atoms with Crippen LogP contribution < -0.4 is 5.32 Å². The van der Waals surface area contributed by atoms with Gasteiger partial charge in [0.15, 0.2) is 0 Å². The van der Waals surface area contributed by atoms with E-state index in [4.69, 9.17) is 9.47 Å². The zero-order chi connectivity index (χ0) is 17.7. The molecule has 0 aliphatic heterocycles. The van der Waals surface area contributed by atoms with E-state index < -0.39 is 5.97 Å². The number of carbonyl (C=O) groups excluding carboxylic acids is 3. The highest BCUT2D eigenvalue weighted by atomic mass is 16.6. The van der Waals surface area contributed by atoms with Crippen LogP contribution in [0.15, 0.2) is 37.5 Å². The van der Waals surface area contributed by atoms with Gasteiger partial charge in [0.25, 0.3) is 0 Å². The van der Waals surface area contributed by atoms with E-state index in [1.807, 2.05) is 0 Å². The Morgan fingerprint density at radius 3 is 2.35 bits per heavy atom. The van der Waals surface area contributed by atoms with Gasteiger partial charge in [0.2, 0.25) is 11.8 Å². The first kappa shape index (κ1) is 20.6. The first-order valence-electron chi connectivity index (χ1n) is 7.14. The Labute approximate surface area is 136 Å². The molecule has 128 valence electrons. The normalized spacial score (nSPS) is 9.61. The summed E-state index contributed by atoms with van der Waals surface area (Å²) in [5, 5.41) is 2.58. The average molecular weight is 324 g/mol. The fourth-order valence-electron chi connectivity index (χ4n) is 1.44. The van der Waals surface area contributed by atoms with Gasteiger partial charge in [-0.1, -0.05) is 19.7 Å². The van der Waals surface area contributed by atoms with E-state index in [1.165, 1.54) is 11.0 Å². The van der Waals surface area contributed by atoms with Crippen molar-refractivity contribution in [3.63, 3.8) is 0 Å². The second kappa shape index (κ2) is 12.2. The van der Waals surface area contributed by atoms with Crippen molar-refractivity contribution in [2.75, 3.05) is 39.5 Å². The lowest BCUT2D eigenvalue weighted by Crippen LogP contribution is -2.39. The number of nitrogens with zero attached hydrogens (tertiary/aromatic N) is 1. The molecule has 7 nitrogen and oxygen atoms in total. The number of hydrogen-bond donors (Lipinski definition) is 1. The highest BCUT2D eigenvalue weighted by Gasteiger charge is 2.10. The van der Waals surface area contributed by atoms with Crippen LogP contribution in [0.5, 0.6) is 0 Å². The Bertz CT molecular complexity index is 459. The van der Waals surface area contributed by atoms with E-state index in [0.29, 0.717) is 25.2 Å². The summed E-state index contributed by atoms with van der Waals surface area (Å²) in [5.74, 6) is -1.02. The molecule has 0 aromatic carbocycles. The third-order valence-corrected chi connectivity index (χ3v) is 2.67. The van der Waals surface area contributed by atoms with E-state index in [1.54, 1.807) is 6.92 Å². The van der Waals surface area contributed by atoms with E-state index >= 15 is 0 Å². The maximum absolute atomic E-state index is 11.7. The molecular formula is C16H24N2O5. The van der Waals surface area contributed by atoms with Crippen molar-refractivity contribution in [2.45, 2.75) is 6.92 Å². The molecular weight excluding hydrogens is 300 g/mol. The van der Waals surface area contributed by atoms with Crippen LogP contribution in [0.2, 0.25) is 0 Å². The van der Waals surface area contributed by atoms with Crippen LogP contribution in [-0.4, -0.2) is 62.1 Å². The van der Waals surface area contributed by atoms with Crippen LogP contribution in [0.25, 0.3) is 0 Å². The molecule has 7 heteroatoms. The fraction of sp³-hybridized carbons (Fsp3) is 0.438. The average Bonchev–Trinajstić information content (AvgIpc) is 2.54. The lowest BCUT2D eigenvalue weighted by Gasteiger charge is -2.21. The van der Waals surface area contributed by atoms with E-state index in [-0.39, 0.29) is 31.6 Å². The van der Waals surface area contributed by atoms with Crippen LogP contribution in [-0.2, 0) is 23.9 Å². The van der Waals surface area contributed by atoms with Gasteiger partial charge in [-0.3, -0.25) is 9.59 Å². The molecule has 0 fully saturated rings. The maximum Gasteiger partial charge on any atom is 0.333 e. The second-order valence-corrected chi connectivity index (χ2v) is 4.55. The maximum atomic E-state index is 11.7. The molecule has 0 bridgehead atoms. The summed E-state index contributed by atoms with van der Waals surface area (Å²) in [5.41, 5.74) is 0.328. The van der Waals surface area contributed by atoms with Crippen molar-refractivity contribution in [1.82, 2.24) is 10.2 Å². The van der Waals surface area contributed by atoms with Crippen LogP contribution in [0.1, 0.15) is 6.92 Å². The number of rotatable bonds is 12. The highest BCUT2D eigenvalue weighted by Crippen LogP contribution is 1.94. The predicted octanol–water partition coefficient (Wildman–Crippen LogP) is 0.439. The van der Waals surface area contributed by atoms with Crippen LogP contribution >= 0.6 is 0 Å². The zero-order valence-corrected chi connectivity index (χ0v) is 13.5. The van der Waals surface area contributed by atoms with E-state index in [9.17, 15) is 14.4 Å². The van der Waals surface area contributed by atoms with Gasteiger partial charge in [0.1, 0.15) is 6.61 Å². The third-order valence-electron chi connectivity index (χ3n) is 2.67. The van der Waals surface area contributed by atoms with Gasteiger partial charge in [-0.05, 0) is 19.1 Å². The summed E-state index contributed by atoms with van der Waals surface area (Å²) in [4.78, 5) is 35.3. The largest absolute Gasteiger partial charge is 0.460 e. The van der Waals surface area contributed by atoms with Crippen LogP contribution in [0.4, 0.5) is 0 Å². The number of nitrogens with one attached hydrogen (secondary N) is 1. The van der Waals surface area contributed by atoms with Gasteiger partial charge >= 0.3 is 5.97 Å². The molecule has 0 aromatic rings. The molecule has 0 aliphatic carbocycles. The molecule has 0 aliphatic rings. The van der Waals surface area contributed by atoms with Crippen molar-refractivity contribution >= 4 is 17.8 Å². The Morgan fingerprint density at radius 1 is 1.09 bits per heavy atom. The first-order chi connectivity index (χ1) is 10.9. The number of amides is 2. The summed E-state index contributed by atoms with van der Waals surface area (Å²) < 4.78 is 10.2. The lowest BCUT2D eigenvalue weighted by molar-refractivity contribution is -0.140. The van der Waals surface area contributed by atoms with E-state index in [2.05, 4.69) is 25.1 Å². The topological polar surface area (TPSA) is 84.9 Å². The second-order valence-electron chi connectivity index (χ2n) is 4.55. The van der Waals surface area contributed by atoms with Gasteiger partial charge < -0.3 is 19.7 Å². The molecule has 0 unspecified atom stereocenters. The van der Waals surface area contributed by atoms with Gasteiger partial charge in [-0.25, -0.2) is 4.79 Å². The van der Waals surface area contributed by atoms with Crippen molar-refractivity contribution < 1.29 is 23.9 Å². The quantitative estimate of drug-likeness (QED) is 0.320. The summed E-state index contributed by atoms with van der Waals surface area (Å²) in [7, 11) is 0. The van der Waals surface area contributed by atoms with Gasteiger partial charge in [-0.2, -0.15) is 0 Å². The summed E-state index contributed by atoms with van der Waals surface area (Å²) in [6.07, 6.45) is 2.36. The first-order valence-corrected chi connectivity index (χ1v) is 7.14. The molecule has 0 saturated carbocycles. The van der Waals surface area contributed by atoms with Crippen LogP contribution in [0.3, 0.4) is 0 Å². The molecule has 0 saturated heterocycles. The third kappa shape index (κ3) is 10.0. The van der Waals surface area contributed by atoms with Crippen LogP contribution in [0, 0.1) is 0 Å². The molecule has 1 N–H and O–H groups in total. The zero-order valence-electron chi connectivity index (χ0n) is 13.5. The summed E-state index contributed by atoms with van der Waals surface area (Å²) in [6, 6.07) is 0. The number of hydrogen-bond acceptors (Lipinski definition) is 5. The SMILES string of the molecule is C=CC(=O)NCCN(CCOCCOC(=O)C(=C)C)C(=O)C=C. The minimum atomic E-state index is -0.463. The Hall–Kier alpha value is -2.41. The van der Waals surface area contributed by atoms with Gasteiger partial charge in [-0.15, -0.1) is 0 Å². The molecule has 0 radical (unpaired) electrons. The number of ether oxygens (including phenoxy) is 2. The number of carbonyl (C=O) groups is 3. The predicted molar refractivity (Wildman–Crippen MR) is 86.6 cm³/mol. The van der Waals surface area contributed by atoms with Gasteiger partial charge in [0.05, 0.1) is 13.2 Å². The van der Waals surface area contributed by atoms with Crippen molar-refractivity contribution in [3.05, 3.63) is 37.5 Å². The van der Waals surface area contributed by atoms with Crippen molar-refractivity contribution in [3.8, 4) is 0 Å². The minimum absolute atomic E-state index is 0.122. The molecule has 0 aromatic heterocycles. The van der Waals surface area contributed by atoms with Crippen molar-refractivity contribution in [1.29, 1.82) is 0 Å².